The molecule has 1 aliphatic rings. The predicted octanol–water partition coefficient (Wildman–Crippen LogP) is 1.78. The first-order valence-corrected chi connectivity index (χ1v) is 12.6. The van der Waals surface area contributed by atoms with Gasteiger partial charge in [0.1, 0.15) is 5.82 Å². The monoisotopic (exact) mass is 471 g/mol. The van der Waals surface area contributed by atoms with Gasteiger partial charge >= 0.3 is 0 Å². The number of para-hydroxylation sites is 1. The molecule has 0 bridgehead atoms. The number of carbonyl (C=O) groups is 1. The second-order valence-electron chi connectivity index (χ2n) is 8.63. The molecule has 11 heteroatoms. The van der Waals surface area contributed by atoms with E-state index in [1.54, 1.807) is 35.8 Å². The van der Waals surface area contributed by atoms with Crippen molar-refractivity contribution in [1.82, 2.24) is 19.5 Å². The van der Waals surface area contributed by atoms with Crippen LogP contribution in [-0.4, -0.2) is 66.3 Å². The van der Waals surface area contributed by atoms with Gasteiger partial charge in [0.15, 0.2) is 5.65 Å². The Morgan fingerprint density at radius 3 is 2.73 bits per heavy atom. The smallest absolute Gasteiger partial charge is 0.256 e. The molecule has 1 amide bonds. The number of hydrogen-bond acceptors (Lipinski definition) is 7. The largest absolute Gasteiger partial charge is 0.355 e. The molecule has 1 aromatic carbocycles. The van der Waals surface area contributed by atoms with Crippen LogP contribution in [0.1, 0.15) is 41.0 Å². The molecule has 0 spiro atoms. The third kappa shape index (κ3) is 4.79. The number of anilines is 2. The minimum Gasteiger partial charge on any atom is -0.355 e. The molecule has 0 saturated carbocycles. The molecule has 3 N–H and O–H groups in total. The number of nitrogens with zero attached hydrogens (tertiary/aromatic N) is 5. The fraction of sp³-hybridized carbons (Fsp3) is 0.409. The number of aromatic nitrogens is 3. The van der Waals surface area contributed by atoms with E-state index < -0.39 is 10.0 Å². The van der Waals surface area contributed by atoms with Crippen molar-refractivity contribution in [2.75, 3.05) is 36.0 Å². The van der Waals surface area contributed by atoms with Gasteiger partial charge in [-0.05, 0) is 32.4 Å². The van der Waals surface area contributed by atoms with E-state index >= 15 is 0 Å². The zero-order valence-corrected chi connectivity index (χ0v) is 20.0. The van der Waals surface area contributed by atoms with Crippen LogP contribution in [-0.2, 0) is 10.0 Å². The predicted molar refractivity (Wildman–Crippen MR) is 128 cm³/mol. The maximum atomic E-state index is 13.2. The van der Waals surface area contributed by atoms with E-state index in [2.05, 4.69) is 14.7 Å². The van der Waals surface area contributed by atoms with E-state index in [0.717, 1.165) is 37.1 Å². The Bertz CT molecular complexity index is 1300. The third-order valence-electron chi connectivity index (χ3n) is 5.93. The van der Waals surface area contributed by atoms with Crippen LogP contribution < -0.4 is 15.4 Å². The van der Waals surface area contributed by atoms with Crippen molar-refractivity contribution in [3.8, 4) is 0 Å². The van der Waals surface area contributed by atoms with Crippen molar-refractivity contribution in [1.29, 1.82) is 0 Å². The first kappa shape index (κ1) is 23.0. The normalized spacial score (nSPS) is 17.4. The number of aryl methyl sites for hydroxylation is 1. The Kier molecular flexibility index (Phi) is 6.02. The van der Waals surface area contributed by atoms with Gasteiger partial charge in [-0.25, -0.2) is 17.9 Å². The van der Waals surface area contributed by atoms with Crippen molar-refractivity contribution in [2.45, 2.75) is 32.4 Å². The Labute approximate surface area is 193 Å². The van der Waals surface area contributed by atoms with Gasteiger partial charge in [-0.1, -0.05) is 12.1 Å². The molecule has 0 aliphatic carbocycles. The second-order valence-corrected chi connectivity index (χ2v) is 10.4. The van der Waals surface area contributed by atoms with Gasteiger partial charge < -0.3 is 15.5 Å². The van der Waals surface area contributed by atoms with Crippen molar-refractivity contribution in [3.05, 3.63) is 53.3 Å². The van der Waals surface area contributed by atoms with Crippen LogP contribution in [0.15, 0.2) is 36.5 Å². The van der Waals surface area contributed by atoms with Crippen LogP contribution in [0.2, 0.25) is 0 Å². The molecule has 4 rings (SSSR count). The van der Waals surface area contributed by atoms with Crippen molar-refractivity contribution in [2.24, 2.45) is 5.73 Å². The summed E-state index contributed by atoms with van der Waals surface area (Å²) in [7, 11) is -1.85. The lowest BCUT2D eigenvalue weighted by Gasteiger charge is -2.24. The summed E-state index contributed by atoms with van der Waals surface area (Å²) < 4.78 is 27.5. The molecule has 1 saturated heterocycles. The molecule has 10 nitrogen and oxygen atoms in total. The summed E-state index contributed by atoms with van der Waals surface area (Å²) in [5.41, 5.74) is 8.95. The molecule has 33 heavy (non-hydrogen) atoms. The lowest BCUT2D eigenvalue weighted by Crippen LogP contribution is -2.30. The summed E-state index contributed by atoms with van der Waals surface area (Å²) in [4.78, 5) is 21.7. The first-order valence-electron chi connectivity index (χ1n) is 10.7. The second kappa shape index (κ2) is 8.64. The van der Waals surface area contributed by atoms with Gasteiger partial charge in [0.05, 0.1) is 29.2 Å². The molecule has 3 heterocycles. The van der Waals surface area contributed by atoms with Crippen molar-refractivity contribution in [3.63, 3.8) is 0 Å². The van der Waals surface area contributed by atoms with E-state index in [9.17, 15) is 13.2 Å². The first-order chi connectivity index (χ1) is 15.5. The van der Waals surface area contributed by atoms with Crippen LogP contribution in [0.3, 0.4) is 0 Å². The van der Waals surface area contributed by atoms with Gasteiger partial charge in [0.2, 0.25) is 10.0 Å². The quantitative estimate of drug-likeness (QED) is 0.561. The van der Waals surface area contributed by atoms with Crippen LogP contribution in [0.4, 0.5) is 11.5 Å². The highest BCUT2D eigenvalue weighted by atomic mass is 32.2. The molecule has 1 aliphatic heterocycles. The highest BCUT2D eigenvalue weighted by Crippen LogP contribution is 2.27. The molecule has 1 fully saturated rings. The summed E-state index contributed by atoms with van der Waals surface area (Å²) >= 11 is 0. The van der Waals surface area contributed by atoms with Crippen molar-refractivity contribution >= 4 is 33.1 Å². The number of nitrogens with two attached hydrogens (primary N) is 1. The van der Waals surface area contributed by atoms with Gasteiger partial charge in [-0.3, -0.25) is 9.52 Å². The number of hydrogen-bond donors (Lipinski definition) is 2. The summed E-state index contributed by atoms with van der Waals surface area (Å²) in [6.07, 6.45) is 3.93. The summed E-state index contributed by atoms with van der Waals surface area (Å²) in [6.45, 7) is 5.53. The zero-order chi connectivity index (χ0) is 23.9. The van der Waals surface area contributed by atoms with Gasteiger partial charge in [0.25, 0.3) is 5.91 Å². The number of benzene rings is 1. The number of carbonyl (C=O) groups excluding carboxylic acids is 1. The Balaban J connectivity index is 1.61. The number of sulfonamides is 1. The lowest BCUT2D eigenvalue weighted by molar-refractivity contribution is 0.0740. The number of rotatable bonds is 6. The van der Waals surface area contributed by atoms with Gasteiger partial charge in [-0.2, -0.15) is 5.10 Å². The lowest BCUT2D eigenvalue weighted by atomic mass is 10.1. The Morgan fingerprint density at radius 2 is 2.06 bits per heavy atom. The summed E-state index contributed by atoms with van der Waals surface area (Å²) in [6, 6.07) is 8.19. The highest BCUT2D eigenvalue weighted by Gasteiger charge is 2.26. The molecule has 2 aromatic heterocycles. The summed E-state index contributed by atoms with van der Waals surface area (Å²) in [5.74, 6) is 0.585. The maximum Gasteiger partial charge on any atom is 0.256 e. The zero-order valence-electron chi connectivity index (χ0n) is 19.2. The Morgan fingerprint density at radius 1 is 1.33 bits per heavy atom. The molecule has 176 valence electrons. The standard InChI is InChI=1S/C22H29N7O3S/c1-14-12-29-20(24-21(14)28-10-9-16(23)13-28)11-19(25-29)15(2)27(3)22(30)17-7-5-6-8-18(17)26-33(4,31)32/h5-8,11-12,15-16,26H,9-10,13,23H2,1-4H3/t15-,16-/m0/s1. The molecular weight excluding hydrogens is 442 g/mol. The number of fused-ring (bicyclic) bond motifs is 1. The van der Waals surface area contributed by atoms with Crippen LogP contribution in [0.25, 0.3) is 5.65 Å². The molecule has 0 unspecified atom stereocenters. The average molecular weight is 472 g/mol. The molecular formula is C22H29N7O3S. The summed E-state index contributed by atoms with van der Waals surface area (Å²) in [5, 5.41) is 4.64. The van der Waals surface area contributed by atoms with Crippen molar-refractivity contribution < 1.29 is 13.2 Å². The van der Waals surface area contributed by atoms with Crippen LogP contribution >= 0.6 is 0 Å². The molecule has 2 atom stereocenters. The van der Waals surface area contributed by atoms with Gasteiger partial charge in [0, 0.05) is 44.0 Å². The van der Waals surface area contributed by atoms with E-state index in [1.165, 1.54) is 4.90 Å². The van der Waals surface area contributed by atoms with Gasteiger partial charge in [-0.15, -0.1) is 0 Å². The number of amides is 1. The fourth-order valence-corrected chi connectivity index (χ4v) is 4.62. The van der Waals surface area contributed by atoms with E-state index in [4.69, 9.17) is 10.7 Å². The SMILES string of the molecule is Cc1cn2nc([C@H](C)N(C)C(=O)c3ccccc3NS(C)(=O)=O)cc2nc1N1CC[C@H](N)C1. The van der Waals surface area contributed by atoms with Crippen LogP contribution in [0, 0.1) is 6.92 Å². The van der Waals surface area contributed by atoms with E-state index in [0.29, 0.717) is 11.3 Å². The minimum absolute atomic E-state index is 0.155. The number of nitrogens with one attached hydrogen (secondary N) is 1. The third-order valence-corrected chi connectivity index (χ3v) is 6.52. The van der Waals surface area contributed by atoms with E-state index in [1.807, 2.05) is 26.1 Å². The maximum absolute atomic E-state index is 13.2. The minimum atomic E-state index is -3.52. The topological polar surface area (TPSA) is 126 Å². The average Bonchev–Trinajstić information content (AvgIpc) is 3.36. The highest BCUT2D eigenvalue weighted by molar-refractivity contribution is 7.92. The van der Waals surface area contributed by atoms with E-state index in [-0.39, 0.29) is 29.2 Å². The molecule has 3 aromatic rings. The van der Waals surface area contributed by atoms with Crippen LogP contribution in [0.5, 0.6) is 0 Å². The Hall–Kier alpha value is -3.18. The fourth-order valence-electron chi connectivity index (χ4n) is 4.05. The molecule has 0 radical (unpaired) electrons.